The van der Waals surface area contributed by atoms with Gasteiger partial charge in [-0.15, -0.1) is 0 Å². The molecule has 3 unspecified atom stereocenters. The van der Waals surface area contributed by atoms with Crippen LogP contribution in [0, 0.1) is 11.7 Å². The highest BCUT2D eigenvalue weighted by Crippen LogP contribution is 2.33. The van der Waals surface area contributed by atoms with Crippen LogP contribution < -0.4 is 5.73 Å². The number of halogens is 2. The molecule has 1 aromatic carbocycles. The molecule has 3 atom stereocenters. The normalized spacial score (nSPS) is 26.5. The van der Waals surface area contributed by atoms with Crippen molar-refractivity contribution in [3.05, 3.63) is 34.1 Å². The van der Waals surface area contributed by atoms with Crippen LogP contribution in [0.25, 0.3) is 0 Å². The molecule has 1 aliphatic rings. The van der Waals surface area contributed by atoms with E-state index in [2.05, 4.69) is 34.7 Å². The summed E-state index contributed by atoms with van der Waals surface area (Å²) in [4.78, 5) is 2.35. The van der Waals surface area contributed by atoms with Crippen LogP contribution in [0.5, 0.6) is 0 Å². The Labute approximate surface area is 116 Å². The summed E-state index contributed by atoms with van der Waals surface area (Å²) in [6, 6.07) is 5.70. The summed E-state index contributed by atoms with van der Waals surface area (Å²) in [5.41, 5.74) is 6.50. The van der Waals surface area contributed by atoms with Crippen molar-refractivity contribution in [1.82, 2.24) is 4.90 Å². The number of nitrogens with two attached hydrogens (primary N) is 1. The van der Waals surface area contributed by atoms with E-state index in [0.29, 0.717) is 18.5 Å². The third kappa shape index (κ3) is 2.76. The zero-order valence-corrected chi connectivity index (χ0v) is 12.5. The van der Waals surface area contributed by atoms with Crippen LogP contribution >= 0.6 is 15.9 Å². The summed E-state index contributed by atoms with van der Waals surface area (Å²) >= 11 is 3.41. The van der Waals surface area contributed by atoms with Gasteiger partial charge in [0.05, 0.1) is 0 Å². The first-order valence-electron chi connectivity index (χ1n) is 6.43. The van der Waals surface area contributed by atoms with Crippen LogP contribution in [0.4, 0.5) is 4.39 Å². The number of likely N-dealkylation sites (tertiary alicyclic amines) is 1. The van der Waals surface area contributed by atoms with Crippen LogP contribution in [0.3, 0.4) is 0 Å². The summed E-state index contributed by atoms with van der Waals surface area (Å²) < 4.78 is 14.8. The van der Waals surface area contributed by atoms with Gasteiger partial charge in [-0.2, -0.15) is 0 Å². The van der Waals surface area contributed by atoms with Crippen molar-refractivity contribution in [1.29, 1.82) is 0 Å². The Morgan fingerprint density at radius 2 is 2.28 bits per heavy atom. The minimum atomic E-state index is -0.130. The molecule has 0 radical (unpaired) electrons. The quantitative estimate of drug-likeness (QED) is 0.927. The van der Waals surface area contributed by atoms with Gasteiger partial charge in [0, 0.05) is 28.7 Å². The van der Waals surface area contributed by atoms with Gasteiger partial charge in [-0.25, -0.2) is 4.39 Å². The lowest BCUT2D eigenvalue weighted by molar-refractivity contribution is 0.197. The highest BCUT2D eigenvalue weighted by Gasteiger charge is 2.32. The average molecular weight is 315 g/mol. The third-order valence-corrected chi connectivity index (χ3v) is 4.44. The predicted molar refractivity (Wildman–Crippen MR) is 75.8 cm³/mol. The molecule has 0 amide bonds. The van der Waals surface area contributed by atoms with E-state index in [1.165, 1.54) is 6.07 Å². The molecule has 18 heavy (non-hydrogen) atoms. The molecule has 2 nitrogen and oxygen atoms in total. The molecule has 2 N–H and O–H groups in total. The molecule has 1 aromatic rings. The van der Waals surface area contributed by atoms with Crippen molar-refractivity contribution in [3.63, 3.8) is 0 Å². The summed E-state index contributed by atoms with van der Waals surface area (Å²) in [5, 5.41) is 0. The molecule has 1 fully saturated rings. The maximum absolute atomic E-state index is 13.9. The lowest BCUT2D eigenvalue weighted by atomic mass is 10.1. The number of hydrogen-bond donors (Lipinski definition) is 1. The molecule has 2 rings (SSSR count). The fraction of sp³-hybridized carbons (Fsp3) is 0.571. The topological polar surface area (TPSA) is 29.3 Å². The van der Waals surface area contributed by atoms with Crippen LogP contribution in [-0.2, 0) is 0 Å². The first-order valence-corrected chi connectivity index (χ1v) is 7.23. The molecule has 1 saturated heterocycles. The fourth-order valence-electron chi connectivity index (χ4n) is 2.89. The van der Waals surface area contributed by atoms with Gasteiger partial charge in [-0.3, -0.25) is 4.90 Å². The molecule has 0 bridgehead atoms. The molecule has 0 aromatic heterocycles. The Kier molecular flexibility index (Phi) is 4.41. The van der Waals surface area contributed by atoms with E-state index < -0.39 is 0 Å². The number of benzene rings is 1. The van der Waals surface area contributed by atoms with E-state index in [-0.39, 0.29) is 11.9 Å². The van der Waals surface area contributed by atoms with Crippen molar-refractivity contribution >= 4 is 15.9 Å². The van der Waals surface area contributed by atoms with E-state index in [9.17, 15) is 4.39 Å². The van der Waals surface area contributed by atoms with E-state index >= 15 is 0 Å². The van der Waals surface area contributed by atoms with Crippen molar-refractivity contribution < 1.29 is 4.39 Å². The monoisotopic (exact) mass is 314 g/mol. The summed E-state index contributed by atoms with van der Waals surface area (Å²) in [7, 11) is 0. The second-order valence-electron chi connectivity index (χ2n) is 5.23. The van der Waals surface area contributed by atoms with E-state index in [0.717, 1.165) is 23.0 Å². The molecular weight excluding hydrogens is 295 g/mol. The standard InChI is InChI=1S/C14H20BrFN2/c1-9-5-11(7-17)8-18(9)10(2)13-6-12(15)3-4-14(13)16/h3-4,6,9-11H,5,7-8,17H2,1-2H3. The Morgan fingerprint density at radius 1 is 1.56 bits per heavy atom. The van der Waals surface area contributed by atoms with Crippen molar-refractivity contribution in [3.8, 4) is 0 Å². The molecular formula is C14H20BrFN2. The largest absolute Gasteiger partial charge is 0.330 e. The smallest absolute Gasteiger partial charge is 0.128 e. The van der Waals surface area contributed by atoms with Crippen molar-refractivity contribution in [2.75, 3.05) is 13.1 Å². The predicted octanol–water partition coefficient (Wildman–Crippen LogP) is 3.32. The Hall–Kier alpha value is -0.450. The van der Waals surface area contributed by atoms with Gasteiger partial charge in [0.1, 0.15) is 5.82 Å². The molecule has 1 aliphatic heterocycles. The van der Waals surface area contributed by atoms with E-state index in [1.807, 2.05) is 6.07 Å². The Balaban J connectivity index is 2.20. The van der Waals surface area contributed by atoms with Crippen LogP contribution in [0.1, 0.15) is 31.9 Å². The SMILES string of the molecule is CC1CC(CN)CN1C(C)c1cc(Br)ccc1F. The first-order chi connectivity index (χ1) is 8.52. The van der Waals surface area contributed by atoms with Gasteiger partial charge in [0.2, 0.25) is 0 Å². The maximum Gasteiger partial charge on any atom is 0.128 e. The molecule has 0 saturated carbocycles. The Morgan fingerprint density at radius 3 is 2.89 bits per heavy atom. The van der Waals surface area contributed by atoms with E-state index in [4.69, 9.17) is 5.73 Å². The van der Waals surface area contributed by atoms with Gasteiger partial charge in [-0.1, -0.05) is 15.9 Å². The summed E-state index contributed by atoms with van der Waals surface area (Å²) in [5.74, 6) is 0.409. The lowest BCUT2D eigenvalue weighted by Crippen LogP contribution is -2.31. The zero-order chi connectivity index (χ0) is 13.3. The molecule has 1 heterocycles. The first kappa shape index (κ1) is 14.0. The lowest BCUT2D eigenvalue weighted by Gasteiger charge is -2.29. The fourth-order valence-corrected chi connectivity index (χ4v) is 3.27. The van der Waals surface area contributed by atoms with Crippen LogP contribution in [0.15, 0.2) is 22.7 Å². The second-order valence-corrected chi connectivity index (χ2v) is 6.14. The van der Waals surface area contributed by atoms with Crippen molar-refractivity contribution in [2.45, 2.75) is 32.4 Å². The minimum absolute atomic E-state index is 0.0917. The Bertz CT molecular complexity index is 424. The zero-order valence-electron chi connectivity index (χ0n) is 10.9. The van der Waals surface area contributed by atoms with Crippen LogP contribution in [0.2, 0.25) is 0 Å². The molecule has 100 valence electrons. The van der Waals surface area contributed by atoms with Crippen molar-refractivity contribution in [2.24, 2.45) is 11.7 Å². The summed E-state index contributed by atoms with van der Waals surface area (Å²) in [6.45, 7) is 5.95. The van der Waals surface area contributed by atoms with Gasteiger partial charge in [-0.05, 0) is 50.9 Å². The molecule has 0 aliphatic carbocycles. The molecule has 0 spiro atoms. The minimum Gasteiger partial charge on any atom is -0.330 e. The highest BCUT2D eigenvalue weighted by molar-refractivity contribution is 9.10. The van der Waals surface area contributed by atoms with Gasteiger partial charge in [0.25, 0.3) is 0 Å². The van der Waals surface area contributed by atoms with Gasteiger partial charge in [0.15, 0.2) is 0 Å². The van der Waals surface area contributed by atoms with E-state index in [1.54, 1.807) is 6.07 Å². The highest BCUT2D eigenvalue weighted by atomic mass is 79.9. The van der Waals surface area contributed by atoms with Gasteiger partial charge < -0.3 is 5.73 Å². The van der Waals surface area contributed by atoms with Crippen LogP contribution in [-0.4, -0.2) is 24.0 Å². The number of hydrogen-bond acceptors (Lipinski definition) is 2. The second kappa shape index (κ2) is 5.68. The maximum atomic E-state index is 13.9. The van der Waals surface area contributed by atoms with Gasteiger partial charge >= 0.3 is 0 Å². The third-order valence-electron chi connectivity index (χ3n) is 3.95. The average Bonchev–Trinajstić information content (AvgIpc) is 2.73. The molecule has 4 heteroatoms. The summed E-state index contributed by atoms with van der Waals surface area (Å²) in [6.07, 6.45) is 1.11. The number of rotatable bonds is 3. The number of nitrogens with zero attached hydrogens (tertiary/aromatic N) is 1.